The van der Waals surface area contributed by atoms with Crippen LogP contribution in [-0.2, 0) is 20.7 Å². The fourth-order valence-electron chi connectivity index (χ4n) is 4.62. The van der Waals surface area contributed by atoms with E-state index in [9.17, 15) is 120 Å². The van der Waals surface area contributed by atoms with Crippen LogP contribution in [0.25, 0.3) is 0 Å². The summed E-state index contributed by atoms with van der Waals surface area (Å²) in [5, 5.41) is 37.2. The first-order chi connectivity index (χ1) is 26.3. The summed E-state index contributed by atoms with van der Waals surface area (Å²) in [7, 11) is 0. The highest BCUT2D eigenvalue weighted by molar-refractivity contribution is 5.76. The molecule has 0 aliphatic heterocycles. The molecule has 1 unspecified atom stereocenters. The lowest BCUT2D eigenvalue weighted by atomic mass is 9.82. The second-order valence-electron chi connectivity index (χ2n) is 13.9. The molecule has 1 aromatic carbocycles. The van der Waals surface area contributed by atoms with Crippen molar-refractivity contribution >= 4 is 5.97 Å². The second kappa shape index (κ2) is 17.4. The average Bonchev–Trinajstić information content (AvgIpc) is 3.02. The third-order valence-electron chi connectivity index (χ3n) is 9.25. The number of rotatable bonds is 11. The quantitative estimate of drug-likeness (QED) is 0.130. The number of alkyl halides is 24. The van der Waals surface area contributed by atoms with E-state index >= 15 is 0 Å². The first kappa shape index (κ1) is 57.9. The summed E-state index contributed by atoms with van der Waals surface area (Å²) in [4.78, 5) is 12.0. The summed E-state index contributed by atoms with van der Waals surface area (Å²) in [5.41, 5.74) is -30.5. The van der Waals surface area contributed by atoms with E-state index in [4.69, 9.17) is 10.2 Å². The summed E-state index contributed by atoms with van der Waals surface area (Å²) in [5.74, 6) is -2.88. The van der Waals surface area contributed by atoms with E-state index in [1.165, 1.54) is 13.8 Å². The lowest BCUT2D eigenvalue weighted by molar-refractivity contribution is -0.386. The van der Waals surface area contributed by atoms with Crippen LogP contribution >= 0.6 is 0 Å². The van der Waals surface area contributed by atoms with E-state index in [1.807, 2.05) is 0 Å². The molecule has 0 spiro atoms. The minimum absolute atomic E-state index is 0.00577. The number of benzene rings is 1. The smallest absolute Gasteiger partial charge is 0.430 e. The molecular weight excluding hydrogens is 924 g/mol. The van der Waals surface area contributed by atoms with Crippen LogP contribution in [0.15, 0.2) is 18.2 Å². The van der Waals surface area contributed by atoms with E-state index in [0.717, 1.165) is 20.8 Å². The maximum atomic E-state index is 13.1. The molecule has 1 rings (SSSR count). The van der Waals surface area contributed by atoms with Gasteiger partial charge in [0.1, 0.15) is 6.10 Å². The van der Waals surface area contributed by atoms with Gasteiger partial charge in [0, 0.05) is 24.0 Å². The SMILES string of the molecule is CCC(C)(C)C(=O)OC(CC(O)(C(F)(F)F)C(F)(F)F)CC(O)(C(F)(F)F)C(F)(F)F.CCC(C)c1cc(C(O)(C(F)(F)F)C(F)(F)F)cc(C(O)(C(F)(F)F)C(F)(F)F)c1. The molecule has 0 aromatic heterocycles. The highest BCUT2D eigenvalue weighted by Gasteiger charge is 2.76. The van der Waals surface area contributed by atoms with Gasteiger partial charge >= 0.3 is 55.4 Å². The number of aliphatic hydroxyl groups is 4. The van der Waals surface area contributed by atoms with Crippen molar-refractivity contribution in [1.29, 1.82) is 0 Å². The molecule has 0 radical (unpaired) electrons. The average molecular weight is 957 g/mol. The van der Waals surface area contributed by atoms with Crippen LogP contribution in [0.2, 0.25) is 0 Å². The van der Waals surface area contributed by atoms with E-state index in [1.54, 1.807) is 0 Å². The molecule has 1 atom stereocenters. The first-order valence-electron chi connectivity index (χ1n) is 16.1. The van der Waals surface area contributed by atoms with Gasteiger partial charge in [-0.05, 0) is 44.2 Å². The number of hydrogen-bond acceptors (Lipinski definition) is 6. The number of halogens is 24. The summed E-state index contributed by atoms with van der Waals surface area (Å²) >= 11 is 0. The van der Waals surface area contributed by atoms with Crippen molar-refractivity contribution in [3.8, 4) is 0 Å². The zero-order chi connectivity index (χ0) is 49.6. The highest BCUT2D eigenvalue weighted by Crippen LogP contribution is 2.55. The van der Waals surface area contributed by atoms with Gasteiger partial charge in [-0.2, -0.15) is 105 Å². The lowest BCUT2D eigenvalue weighted by Crippen LogP contribution is -2.62. The molecule has 360 valence electrons. The maximum Gasteiger partial charge on any atom is 0.430 e. The Balaban J connectivity index is 0.00000118. The molecule has 6 nitrogen and oxygen atoms in total. The third kappa shape index (κ3) is 11.5. The van der Waals surface area contributed by atoms with Crippen molar-refractivity contribution in [2.75, 3.05) is 0 Å². The topological polar surface area (TPSA) is 107 Å². The normalized spacial score (nSPS) is 15.7. The van der Waals surface area contributed by atoms with Crippen LogP contribution < -0.4 is 0 Å². The number of esters is 1. The molecular formula is C31H32F24O6. The van der Waals surface area contributed by atoms with E-state index in [-0.39, 0.29) is 25.0 Å². The van der Waals surface area contributed by atoms with Crippen LogP contribution in [0.4, 0.5) is 105 Å². The van der Waals surface area contributed by atoms with Gasteiger partial charge in [-0.25, -0.2) is 0 Å². The van der Waals surface area contributed by atoms with E-state index in [2.05, 4.69) is 4.74 Å². The standard InChI is InChI=1S/C16H14F12O2.C15H18F12O4/c1-3-7(2)8-4-9(11(29,13(17,18)19)14(20,21)22)6-10(5-8)12(30,15(23,24)25)16(26,27)28;1-4-9(2,3)8(28)31-7(5-10(29,12(16,17)18)13(19,20)21)6-11(30,14(22,23)24)15(25,26)27/h4-7,29-30H,3H2,1-2H3;7,29-30H,4-6H2,1-3H3. The Bertz CT molecular complexity index is 1470. The van der Waals surface area contributed by atoms with Crippen molar-refractivity contribution in [3.05, 3.63) is 34.9 Å². The highest BCUT2D eigenvalue weighted by atomic mass is 19.4. The fraction of sp³-hybridized carbons (Fsp3) is 0.774. The lowest BCUT2D eigenvalue weighted by Gasteiger charge is -2.39. The number of carbonyl (C=O) groups excluding carboxylic acids is 1. The molecule has 61 heavy (non-hydrogen) atoms. The molecule has 0 fully saturated rings. The molecule has 0 aliphatic carbocycles. The minimum Gasteiger partial charge on any atom is -0.462 e. The largest absolute Gasteiger partial charge is 0.462 e. The molecule has 30 heteroatoms. The summed E-state index contributed by atoms with van der Waals surface area (Å²) < 4.78 is 316. The predicted octanol–water partition coefficient (Wildman–Crippen LogP) is 10.7. The van der Waals surface area contributed by atoms with Gasteiger partial charge in [0.2, 0.25) is 0 Å². The molecule has 4 N–H and O–H groups in total. The zero-order valence-electron chi connectivity index (χ0n) is 30.9. The van der Waals surface area contributed by atoms with Gasteiger partial charge in [-0.3, -0.25) is 4.79 Å². The van der Waals surface area contributed by atoms with Crippen LogP contribution in [-0.4, -0.2) is 93.1 Å². The van der Waals surface area contributed by atoms with Crippen LogP contribution in [0.3, 0.4) is 0 Å². The van der Waals surface area contributed by atoms with Gasteiger partial charge in [0.05, 0.1) is 5.41 Å². The molecule has 0 saturated carbocycles. The van der Waals surface area contributed by atoms with Crippen LogP contribution in [0.5, 0.6) is 0 Å². The second-order valence-corrected chi connectivity index (χ2v) is 13.9. The minimum atomic E-state index is -6.63. The van der Waals surface area contributed by atoms with Gasteiger partial charge in [-0.15, -0.1) is 0 Å². The van der Waals surface area contributed by atoms with Crippen molar-refractivity contribution in [2.24, 2.45) is 5.41 Å². The van der Waals surface area contributed by atoms with Gasteiger partial charge in [-0.1, -0.05) is 32.9 Å². The van der Waals surface area contributed by atoms with E-state index in [0.29, 0.717) is 0 Å². The summed E-state index contributed by atoms with van der Waals surface area (Å²) in [6.07, 6.45) is -62.6. The number of hydrogen-bond donors (Lipinski definition) is 4. The predicted molar refractivity (Wildman–Crippen MR) is 154 cm³/mol. The Labute approximate surface area is 326 Å². The Kier molecular flexibility index (Phi) is 16.5. The van der Waals surface area contributed by atoms with Gasteiger partial charge in [0.15, 0.2) is 0 Å². The Morgan fingerprint density at radius 1 is 0.508 bits per heavy atom. The Hall–Kier alpha value is -3.15. The van der Waals surface area contributed by atoms with E-state index < -0.39 is 131 Å². The fourth-order valence-corrected chi connectivity index (χ4v) is 4.62. The molecule has 0 heterocycles. The zero-order valence-corrected chi connectivity index (χ0v) is 30.9. The Morgan fingerprint density at radius 2 is 0.770 bits per heavy atom. The van der Waals surface area contributed by atoms with Crippen molar-refractivity contribution in [2.45, 2.75) is 144 Å². The maximum absolute atomic E-state index is 13.1. The van der Waals surface area contributed by atoms with Crippen LogP contribution in [0.1, 0.15) is 82.9 Å². The number of ether oxygens (including phenoxy) is 1. The van der Waals surface area contributed by atoms with Crippen molar-refractivity contribution < 1.29 is 135 Å². The first-order valence-corrected chi connectivity index (χ1v) is 16.1. The summed E-state index contributed by atoms with van der Waals surface area (Å²) in [6.45, 7) is 5.64. The summed E-state index contributed by atoms with van der Waals surface area (Å²) in [6, 6.07) is -0.786. The third-order valence-corrected chi connectivity index (χ3v) is 9.25. The molecule has 0 aliphatic rings. The van der Waals surface area contributed by atoms with Crippen molar-refractivity contribution in [1.82, 2.24) is 0 Å². The number of carbonyl (C=O) groups is 1. The molecule has 1 aromatic rings. The Morgan fingerprint density at radius 3 is 0.967 bits per heavy atom. The molecule has 0 saturated heterocycles. The van der Waals surface area contributed by atoms with Crippen LogP contribution in [0, 0.1) is 5.41 Å². The molecule has 0 amide bonds. The monoisotopic (exact) mass is 956 g/mol. The van der Waals surface area contributed by atoms with Crippen molar-refractivity contribution in [3.63, 3.8) is 0 Å². The van der Waals surface area contributed by atoms with Gasteiger partial charge < -0.3 is 25.2 Å². The molecule has 0 bridgehead atoms. The van der Waals surface area contributed by atoms with Gasteiger partial charge in [0.25, 0.3) is 22.4 Å².